The predicted octanol–water partition coefficient (Wildman–Crippen LogP) is 4.45. The first kappa shape index (κ1) is 19.1. The Balaban J connectivity index is 1.47. The highest BCUT2D eigenvalue weighted by atomic mass is 16.5. The Morgan fingerprint density at radius 1 is 1.14 bits per heavy atom. The molecule has 0 bridgehead atoms. The van der Waals surface area contributed by atoms with E-state index in [1.807, 2.05) is 49.4 Å². The number of aryl methyl sites for hydroxylation is 1. The van der Waals surface area contributed by atoms with E-state index in [2.05, 4.69) is 27.4 Å². The molecule has 0 spiro atoms. The Morgan fingerprint density at radius 3 is 2.69 bits per heavy atom. The van der Waals surface area contributed by atoms with Crippen LogP contribution in [-0.4, -0.2) is 40.6 Å². The summed E-state index contributed by atoms with van der Waals surface area (Å²) in [5.74, 6) is 0.538. The minimum atomic E-state index is -0.200. The van der Waals surface area contributed by atoms with E-state index in [0.29, 0.717) is 12.4 Å². The third-order valence-corrected chi connectivity index (χ3v) is 5.30. The number of rotatable bonds is 4. The van der Waals surface area contributed by atoms with Crippen LogP contribution in [0, 0.1) is 6.92 Å². The molecule has 0 unspecified atom stereocenters. The number of likely N-dealkylation sites (N-methyl/N-ethyl adjacent to an activating group) is 1. The van der Waals surface area contributed by atoms with E-state index in [1.54, 1.807) is 24.3 Å². The molecule has 2 atom stereocenters. The molecule has 1 aromatic carbocycles. The van der Waals surface area contributed by atoms with Gasteiger partial charge in [-0.2, -0.15) is 0 Å². The monoisotopic (exact) mass is 388 g/mol. The lowest BCUT2D eigenvalue weighted by Crippen LogP contribution is -2.41. The minimum Gasteiger partial charge on any atom is -0.371 e. The number of nitrogens with zero attached hydrogens (tertiary/aromatic N) is 3. The largest absolute Gasteiger partial charge is 0.371 e. The molecule has 3 aromatic rings. The van der Waals surface area contributed by atoms with Gasteiger partial charge in [-0.25, -0.2) is 9.78 Å². The summed E-state index contributed by atoms with van der Waals surface area (Å²) in [6, 6.07) is 17.5. The van der Waals surface area contributed by atoms with Crippen LogP contribution in [0.3, 0.4) is 0 Å². The second kappa shape index (κ2) is 8.41. The molecule has 148 valence electrons. The maximum Gasteiger partial charge on any atom is 0.323 e. The van der Waals surface area contributed by atoms with Crippen LogP contribution in [0.25, 0.3) is 11.1 Å². The fraction of sp³-hybridized carbons (Fsp3) is 0.261. The summed E-state index contributed by atoms with van der Waals surface area (Å²) < 4.78 is 5.88. The number of aromatic nitrogens is 2. The molecule has 3 heterocycles. The van der Waals surface area contributed by atoms with Gasteiger partial charge in [-0.05, 0) is 37.1 Å². The number of amides is 2. The van der Waals surface area contributed by atoms with E-state index in [-0.39, 0.29) is 18.2 Å². The molecule has 1 aliphatic rings. The first-order valence-electron chi connectivity index (χ1n) is 9.72. The van der Waals surface area contributed by atoms with Crippen LogP contribution in [0.4, 0.5) is 10.6 Å². The normalized spacial score (nSPS) is 18.4. The summed E-state index contributed by atoms with van der Waals surface area (Å²) >= 11 is 0. The number of nitrogens with one attached hydrogen (secondary N) is 1. The Labute approximate surface area is 170 Å². The topological polar surface area (TPSA) is 67.4 Å². The number of carbonyl (C=O) groups is 1. The van der Waals surface area contributed by atoms with Crippen LogP contribution >= 0.6 is 0 Å². The Bertz CT molecular complexity index is 979. The van der Waals surface area contributed by atoms with Crippen LogP contribution in [0.15, 0.2) is 67.0 Å². The van der Waals surface area contributed by atoms with Gasteiger partial charge in [0.15, 0.2) is 0 Å². The Kier molecular flexibility index (Phi) is 5.53. The zero-order chi connectivity index (χ0) is 20.2. The molecule has 1 saturated heterocycles. The molecular formula is C23H24N4O2. The number of ether oxygens (including phenoxy) is 1. The zero-order valence-electron chi connectivity index (χ0n) is 16.6. The second-order valence-corrected chi connectivity index (χ2v) is 7.17. The smallest absolute Gasteiger partial charge is 0.323 e. The SMILES string of the molecule is Cc1nc(NC(=O)N(C)[C@H]2CCO[C@@H]2c2cccnc2)ccc1-c1ccccc1. The van der Waals surface area contributed by atoms with Crippen molar-refractivity contribution < 1.29 is 9.53 Å². The van der Waals surface area contributed by atoms with Gasteiger partial charge in [0.2, 0.25) is 0 Å². The predicted molar refractivity (Wildman–Crippen MR) is 113 cm³/mol. The minimum absolute atomic E-state index is 0.0520. The van der Waals surface area contributed by atoms with Gasteiger partial charge in [0, 0.05) is 42.9 Å². The van der Waals surface area contributed by atoms with Gasteiger partial charge in [0.25, 0.3) is 0 Å². The van der Waals surface area contributed by atoms with E-state index in [4.69, 9.17) is 4.74 Å². The fourth-order valence-electron chi connectivity index (χ4n) is 3.74. The summed E-state index contributed by atoms with van der Waals surface area (Å²) in [6.07, 6.45) is 4.14. The second-order valence-electron chi connectivity index (χ2n) is 7.17. The highest BCUT2D eigenvalue weighted by Gasteiger charge is 2.35. The Hall–Kier alpha value is -3.25. The lowest BCUT2D eigenvalue weighted by molar-refractivity contribution is 0.0787. The Morgan fingerprint density at radius 2 is 1.97 bits per heavy atom. The highest BCUT2D eigenvalue weighted by molar-refractivity contribution is 5.88. The molecule has 2 aromatic heterocycles. The van der Waals surface area contributed by atoms with E-state index in [9.17, 15) is 4.79 Å². The van der Waals surface area contributed by atoms with Gasteiger partial charge in [-0.15, -0.1) is 0 Å². The summed E-state index contributed by atoms with van der Waals surface area (Å²) in [5.41, 5.74) is 4.01. The molecule has 6 nitrogen and oxygen atoms in total. The third kappa shape index (κ3) is 4.12. The van der Waals surface area contributed by atoms with Gasteiger partial charge in [-0.1, -0.05) is 36.4 Å². The van der Waals surface area contributed by atoms with E-state index in [0.717, 1.165) is 28.8 Å². The molecule has 1 N–H and O–H groups in total. The number of anilines is 1. The van der Waals surface area contributed by atoms with E-state index in [1.165, 1.54) is 0 Å². The molecule has 1 aliphatic heterocycles. The van der Waals surface area contributed by atoms with E-state index < -0.39 is 0 Å². The lowest BCUT2D eigenvalue weighted by Gasteiger charge is -2.28. The first-order chi connectivity index (χ1) is 14.1. The molecule has 0 saturated carbocycles. The first-order valence-corrected chi connectivity index (χ1v) is 9.72. The molecule has 6 heteroatoms. The van der Waals surface area contributed by atoms with Crippen molar-refractivity contribution in [2.75, 3.05) is 19.0 Å². The third-order valence-electron chi connectivity index (χ3n) is 5.30. The number of hydrogen-bond donors (Lipinski definition) is 1. The van der Waals surface area contributed by atoms with Crippen LogP contribution in [0.1, 0.15) is 23.8 Å². The lowest BCUT2D eigenvalue weighted by atomic mass is 10.0. The van der Waals surface area contributed by atoms with Crippen LogP contribution < -0.4 is 5.32 Å². The van der Waals surface area contributed by atoms with Crippen molar-refractivity contribution >= 4 is 11.8 Å². The van der Waals surface area contributed by atoms with Crippen molar-refractivity contribution in [3.63, 3.8) is 0 Å². The van der Waals surface area contributed by atoms with Gasteiger partial charge < -0.3 is 9.64 Å². The van der Waals surface area contributed by atoms with Crippen molar-refractivity contribution in [1.82, 2.24) is 14.9 Å². The maximum atomic E-state index is 12.8. The van der Waals surface area contributed by atoms with Gasteiger partial charge in [0.05, 0.1) is 6.04 Å². The molecule has 1 fully saturated rings. The quantitative estimate of drug-likeness (QED) is 0.717. The molecule has 0 aliphatic carbocycles. The average molecular weight is 388 g/mol. The number of urea groups is 1. The fourth-order valence-corrected chi connectivity index (χ4v) is 3.74. The summed E-state index contributed by atoms with van der Waals surface area (Å²) in [7, 11) is 1.79. The summed E-state index contributed by atoms with van der Waals surface area (Å²) in [5, 5.41) is 2.91. The van der Waals surface area contributed by atoms with Crippen molar-refractivity contribution in [1.29, 1.82) is 0 Å². The summed E-state index contributed by atoms with van der Waals surface area (Å²) in [6.45, 7) is 2.57. The molecule has 0 radical (unpaired) electrons. The summed E-state index contributed by atoms with van der Waals surface area (Å²) in [4.78, 5) is 23.3. The number of benzene rings is 1. The number of hydrogen-bond acceptors (Lipinski definition) is 4. The molecule has 4 rings (SSSR count). The van der Waals surface area contributed by atoms with Crippen molar-refractivity contribution in [3.05, 3.63) is 78.2 Å². The highest BCUT2D eigenvalue weighted by Crippen LogP contribution is 2.32. The standard InChI is InChI=1S/C23H24N4O2/c1-16-19(17-7-4-3-5-8-17)10-11-21(25-16)26-23(28)27(2)20-12-14-29-22(20)18-9-6-13-24-15-18/h3-11,13,15,20,22H,12,14H2,1-2H3,(H,25,26,28)/t20-,22+/m0/s1. The van der Waals surface area contributed by atoms with Crippen molar-refractivity contribution in [3.8, 4) is 11.1 Å². The van der Waals surface area contributed by atoms with Gasteiger partial charge >= 0.3 is 6.03 Å². The maximum absolute atomic E-state index is 12.8. The average Bonchev–Trinajstić information content (AvgIpc) is 3.24. The zero-order valence-corrected chi connectivity index (χ0v) is 16.6. The van der Waals surface area contributed by atoms with Crippen LogP contribution in [0.2, 0.25) is 0 Å². The number of pyridine rings is 2. The van der Waals surface area contributed by atoms with E-state index >= 15 is 0 Å². The molecule has 2 amide bonds. The van der Waals surface area contributed by atoms with Gasteiger partial charge in [0.1, 0.15) is 11.9 Å². The molecule has 29 heavy (non-hydrogen) atoms. The van der Waals surface area contributed by atoms with Crippen LogP contribution in [0.5, 0.6) is 0 Å². The van der Waals surface area contributed by atoms with Gasteiger partial charge in [-0.3, -0.25) is 10.3 Å². The van der Waals surface area contributed by atoms with Crippen molar-refractivity contribution in [2.24, 2.45) is 0 Å². The number of carbonyl (C=O) groups excluding carboxylic acids is 1. The molecular weight excluding hydrogens is 364 g/mol. The van der Waals surface area contributed by atoms with Crippen molar-refractivity contribution in [2.45, 2.75) is 25.5 Å². The van der Waals surface area contributed by atoms with Crippen LogP contribution in [-0.2, 0) is 4.74 Å².